The van der Waals surface area contributed by atoms with E-state index in [1.54, 1.807) is 0 Å². The number of carbonyl (C=O) groups excluding carboxylic acids is 3. The molecule has 1 rings (SSSR count). The predicted octanol–water partition coefficient (Wildman–Crippen LogP) is -0.470. The molecule has 0 aromatic heterocycles. The molecule has 9 heteroatoms. The van der Waals surface area contributed by atoms with Crippen molar-refractivity contribution >= 4 is 17.7 Å². The van der Waals surface area contributed by atoms with E-state index in [4.69, 9.17) is 5.73 Å². The van der Waals surface area contributed by atoms with Crippen molar-refractivity contribution in [3.05, 3.63) is 0 Å². The van der Waals surface area contributed by atoms with Crippen molar-refractivity contribution < 1.29 is 27.6 Å². The molecule has 108 valence electrons. The minimum absolute atomic E-state index is 0.0273. The van der Waals surface area contributed by atoms with Crippen LogP contribution >= 0.6 is 0 Å². The van der Waals surface area contributed by atoms with E-state index in [9.17, 15) is 27.6 Å². The van der Waals surface area contributed by atoms with Crippen molar-refractivity contribution in [3.63, 3.8) is 0 Å². The van der Waals surface area contributed by atoms with Gasteiger partial charge in [-0.3, -0.25) is 19.3 Å². The van der Waals surface area contributed by atoms with Gasteiger partial charge in [-0.1, -0.05) is 0 Å². The topological polar surface area (TPSA) is 92.5 Å². The number of likely N-dealkylation sites (N-methyl/N-ethyl adjacent to an activating group) is 1. The molecule has 0 saturated carbocycles. The number of carbonyl (C=O) groups is 3. The Kier molecular flexibility index (Phi) is 3.89. The maximum atomic E-state index is 12.5. The van der Waals surface area contributed by atoms with Crippen molar-refractivity contribution in [1.82, 2.24) is 10.2 Å². The lowest BCUT2D eigenvalue weighted by Crippen LogP contribution is -2.65. The Balaban J connectivity index is 2.78. The Morgan fingerprint density at radius 2 is 1.95 bits per heavy atom. The number of halogens is 3. The number of nitrogens with zero attached hydrogens (tertiary/aromatic N) is 1. The standard InChI is InChI=1S/C10H14F3N3O3/c1-9(14,10(11,12)13)8(19)15-5-3-4-6(17)16(2)7(5)18/h5H,3-4,14H2,1-2H3,(H,15,19). The number of nitrogens with two attached hydrogens (primary N) is 1. The number of imide groups is 1. The lowest BCUT2D eigenvalue weighted by atomic mass is 9.99. The summed E-state index contributed by atoms with van der Waals surface area (Å²) in [5.41, 5.74) is 1.84. The van der Waals surface area contributed by atoms with Gasteiger partial charge in [0, 0.05) is 13.5 Å². The summed E-state index contributed by atoms with van der Waals surface area (Å²) in [4.78, 5) is 35.1. The number of piperidine rings is 1. The fourth-order valence-corrected chi connectivity index (χ4v) is 1.49. The number of nitrogens with one attached hydrogen (secondary N) is 1. The van der Waals surface area contributed by atoms with Gasteiger partial charge < -0.3 is 11.1 Å². The quantitative estimate of drug-likeness (QED) is 0.669. The van der Waals surface area contributed by atoms with Gasteiger partial charge in [-0.2, -0.15) is 13.2 Å². The molecule has 0 bridgehead atoms. The normalized spacial score (nSPS) is 24.1. The molecule has 0 aromatic carbocycles. The van der Waals surface area contributed by atoms with E-state index >= 15 is 0 Å². The highest BCUT2D eigenvalue weighted by Crippen LogP contribution is 2.28. The molecule has 19 heavy (non-hydrogen) atoms. The van der Waals surface area contributed by atoms with Gasteiger partial charge in [-0.25, -0.2) is 0 Å². The molecule has 1 aliphatic rings. The molecule has 1 aliphatic heterocycles. The Labute approximate surface area is 107 Å². The highest BCUT2D eigenvalue weighted by atomic mass is 19.4. The first-order valence-corrected chi connectivity index (χ1v) is 5.45. The summed E-state index contributed by atoms with van der Waals surface area (Å²) in [6, 6.07) is -1.17. The molecule has 3 N–H and O–H groups in total. The van der Waals surface area contributed by atoms with E-state index in [1.807, 2.05) is 5.32 Å². The third-order valence-electron chi connectivity index (χ3n) is 3.02. The van der Waals surface area contributed by atoms with Gasteiger partial charge in [0.25, 0.3) is 5.91 Å². The summed E-state index contributed by atoms with van der Waals surface area (Å²) >= 11 is 0. The second-order valence-corrected chi connectivity index (χ2v) is 4.56. The molecule has 2 atom stereocenters. The van der Waals surface area contributed by atoms with E-state index in [0.717, 1.165) is 4.90 Å². The van der Waals surface area contributed by atoms with Gasteiger partial charge in [-0.05, 0) is 13.3 Å². The average Bonchev–Trinajstić information content (AvgIpc) is 2.28. The van der Waals surface area contributed by atoms with E-state index in [0.29, 0.717) is 6.92 Å². The summed E-state index contributed by atoms with van der Waals surface area (Å²) in [5.74, 6) is -2.69. The van der Waals surface area contributed by atoms with Crippen LogP contribution in [0.5, 0.6) is 0 Å². The first-order chi connectivity index (χ1) is 8.48. The molecule has 1 heterocycles. The fraction of sp³-hybridized carbons (Fsp3) is 0.700. The SMILES string of the molecule is CN1C(=O)CCC(NC(=O)C(C)(N)C(F)(F)F)C1=O. The van der Waals surface area contributed by atoms with Crippen LogP contribution in [0.1, 0.15) is 19.8 Å². The number of hydrogen-bond donors (Lipinski definition) is 2. The van der Waals surface area contributed by atoms with Crippen LogP contribution in [0.25, 0.3) is 0 Å². The van der Waals surface area contributed by atoms with Crippen molar-refractivity contribution in [2.45, 2.75) is 37.5 Å². The summed E-state index contributed by atoms with van der Waals surface area (Å²) in [6.45, 7) is 0.518. The highest BCUT2D eigenvalue weighted by molar-refractivity contribution is 6.02. The molecule has 0 aromatic rings. The van der Waals surface area contributed by atoms with Crippen LogP contribution in [-0.2, 0) is 14.4 Å². The number of amides is 3. The second kappa shape index (κ2) is 4.80. The molecule has 6 nitrogen and oxygen atoms in total. The zero-order chi connectivity index (χ0) is 15.0. The maximum absolute atomic E-state index is 12.5. The van der Waals surface area contributed by atoms with Crippen molar-refractivity contribution in [1.29, 1.82) is 0 Å². The van der Waals surface area contributed by atoms with Gasteiger partial charge in [-0.15, -0.1) is 0 Å². The molecular weight excluding hydrogens is 267 g/mol. The van der Waals surface area contributed by atoms with Gasteiger partial charge in [0.15, 0.2) is 5.54 Å². The van der Waals surface area contributed by atoms with Gasteiger partial charge in [0.2, 0.25) is 11.8 Å². The molecule has 0 spiro atoms. The van der Waals surface area contributed by atoms with Gasteiger partial charge in [0.05, 0.1) is 0 Å². The van der Waals surface area contributed by atoms with Crippen LogP contribution in [0.2, 0.25) is 0 Å². The van der Waals surface area contributed by atoms with Crippen molar-refractivity contribution in [2.75, 3.05) is 7.05 Å². The van der Waals surface area contributed by atoms with Gasteiger partial charge in [0.1, 0.15) is 6.04 Å². The van der Waals surface area contributed by atoms with Crippen LogP contribution in [0, 0.1) is 0 Å². The Hall–Kier alpha value is -1.64. The predicted molar refractivity (Wildman–Crippen MR) is 57.6 cm³/mol. The Morgan fingerprint density at radius 1 is 1.42 bits per heavy atom. The first kappa shape index (κ1) is 15.4. The molecule has 0 aliphatic carbocycles. The molecule has 1 saturated heterocycles. The lowest BCUT2D eigenvalue weighted by molar-refractivity contribution is -0.188. The highest BCUT2D eigenvalue weighted by Gasteiger charge is 2.54. The number of hydrogen-bond acceptors (Lipinski definition) is 4. The van der Waals surface area contributed by atoms with Gasteiger partial charge >= 0.3 is 6.18 Å². The Bertz CT molecular complexity index is 420. The van der Waals surface area contributed by atoms with Crippen LogP contribution in [0.15, 0.2) is 0 Å². The Morgan fingerprint density at radius 3 is 2.42 bits per heavy atom. The second-order valence-electron chi connectivity index (χ2n) is 4.56. The van der Waals surface area contributed by atoms with Crippen molar-refractivity contribution in [2.24, 2.45) is 5.73 Å². The molecule has 0 radical (unpaired) electrons. The molecular formula is C10H14F3N3O3. The summed E-state index contributed by atoms with van der Waals surface area (Å²) in [6.07, 6.45) is -5.00. The zero-order valence-corrected chi connectivity index (χ0v) is 10.4. The van der Waals surface area contributed by atoms with E-state index < -0.39 is 35.5 Å². The molecule has 2 unspecified atom stereocenters. The third-order valence-corrected chi connectivity index (χ3v) is 3.02. The fourth-order valence-electron chi connectivity index (χ4n) is 1.49. The number of alkyl halides is 3. The third kappa shape index (κ3) is 2.86. The zero-order valence-electron chi connectivity index (χ0n) is 10.4. The maximum Gasteiger partial charge on any atom is 0.415 e. The number of rotatable bonds is 2. The van der Waals surface area contributed by atoms with Crippen LogP contribution < -0.4 is 11.1 Å². The van der Waals surface area contributed by atoms with Crippen LogP contribution in [0.3, 0.4) is 0 Å². The molecule has 3 amide bonds. The van der Waals surface area contributed by atoms with Crippen molar-refractivity contribution in [3.8, 4) is 0 Å². The van der Waals surface area contributed by atoms with E-state index in [-0.39, 0.29) is 12.8 Å². The summed E-state index contributed by atoms with van der Waals surface area (Å²) in [7, 11) is 1.20. The minimum atomic E-state index is -4.93. The number of likely N-dealkylation sites (tertiary alicyclic amines) is 1. The average molecular weight is 281 g/mol. The minimum Gasteiger partial charge on any atom is -0.342 e. The smallest absolute Gasteiger partial charge is 0.342 e. The summed E-state index contributed by atoms with van der Waals surface area (Å²) in [5, 5.41) is 1.94. The first-order valence-electron chi connectivity index (χ1n) is 5.45. The van der Waals surface area contributed by atoms with Crippen LogP contribution in [0.4, 0.5) is 13.2 Å². The van der Waals surface area contributed by atoms with Crippen LogP contribution in [-0.4, -0.2) is 47.4 Å². The molecule has 1 fully saturated rings. The monoisotopic (exact) mass is 281 g/mol. The van der Waals surface area contributed by atoms with E-state index in [1.165, 1.54) is 7.05 Å². The summed E-state index contributed by atoms with van der Waals surface area (Å²) < 4.78 is 37.6. The van der Waals surface area contributed by atoms with E-state index in [2.05, 4.69) is 0 Å². The largest absolute Gasteiger partial charge is 0.415 e. The lowest BCUT2D eigenvalue weighted by Gasteiger charge is -2.32.